The van der Waals surface area contributed by atoms with E-state index >= 15 is 0 Å². The van der Waals surface area contributed by atoms with Gasteiger partial charge in [-0.3, -0.25) is 4.79 Å². The molecule has 1 rings (SSSR count). The number of carbonyl (C=O) groups is 1. The zero-order valence-corrected chi connectivity index (χ0v) is 9.76. The van der Waals surface area contributed by atoms with Crippen molar-refractivity contribution in [1.82, 2.24) is 5.32 Å². The van der Waals surface area contributed by atoms with E-state index in [0.29, 0.717) is 6.42 Å². The van der Waals surface area contributed by atoms with Gasteiger partial charge in [0, 0.05) is 6.54 Å². The first kappa shape index (κ1) is 13.9. The summed E-state index contributed by atoms with van der Waals surface area (Å²) in [6, 6.07) is 7.91. The number of methoxy groups -OCH3 is 1. The molecule has 0 spiro atoms. The quantitative estimate of drug-likeness (QED) is 0.797. The van der Waals surface area contributed by atoms with Gasteiger partial charge in [-0.1, -0.05) is 24.3 Å². The van der Waals surface area contributed by atoms with Crippen LogP contribution < -0.4 is 5.32 Å². The maximum absolute atomic E-state index is 11.0. The molecular weight excluding hydrogens is 214 g/mol. The number of rotatable bonds is 4. The molecule has 0 unspecified atom stereocenters. The van der Waals surface area contributed by atoms with Crippen molar-refractivity contribution < 1.29 is 9.53 Å². The molecule has 4 heteroatoms. The molecule has 0 fully saturated rings. The topological polar surface area (TPSA) is 38.3 Å². The molecule has 1 aromatic rings. The summed E-state index contributed by atoms with van der Waals surface area (Å²) in [5.41, 5.74) is 2.19. The van der Waals surface area contributed by atoms with Crippen molar-refractivity contribution in [2.24, 2.45) is 0 Å². The summed E-state index contributed by atoms with van der Waals surface area (Å²) in [4.78, 5) is 11.0. The van der Waals surface area contributed by atoms with Crippen LogP contribution in [0.5, 0.6) is 0 Å². The summed E-state index contributed by atoms with van der Waals surface area (Å²) < 4.78 is 4.58. The lowest BCUT2D eigenvalue weighted by molar-refractivity contribution is -0.139. The number of halogens is 1. The van der Waals surface area contributed by atoms with Crippen LogP contribution in [0.1, 0.15) is 11.1 Å². The summed E-state index contributed by atoms with van der Waals surface area (Å²) in [5, 5.41) is 3.06. The fourth-order valence-electron chi connectivity index (χ4n) is 1.22. The highest BCUT2D eigenvalue weighted by atomic mass is 35.5. The first-order chi connectivity index (χ1) is 6.76. The smallest absolute Gasteiger partial charge is 0.309 e. The zero-order chi connectivity index (χ0) is 10.4. The van der Waals surface area contributed by atoms with Crippen molar-refractivity contribution in [1.29, 1.82) is 0 Å². The lowest BCUT2D eigenvalue weighted by atomic mass is 10.1. The van der Waals surface area contributed by atoms with Crippen LogP contribution in [0.25, 0.3) is 0 Å². The Kier molecular flexibility index (Phi) is 6.75. The van der Waals surface area contributed by atoms with E-state index in [9.17, 15) is 4.79 Å². The van der Waals surface area contributed by atoms with Crippen molar-refractivity contribution in [2.45, 2.75) is 13.0 Å². The van der Waals surface area contributed by atoms with Gasteiger partial charge in [0.05, 0.1) is 13.5 Å². The van der Waals surface area contributed by atoms with Gasteiger partial charge in [0.15, 0.2) is 0 Å². The lowest BCUT2D eigenvalue weighted by Crippen LogP contribution is -2.06. The highest BCUT2D eigenvalue weighted by molar-refractivity contribution is 5.85. The molecule has 0 saturated carbocycles. The van der Waals surface area contributed by atoms with Gasteiger partial charge in [-0.2, -0.15) is 0 Å². The van der Waals surface area contributed by atoms with E-state index in [1.165, 1.54) is 12.7 Å². The molecule has 1 N–H and O–H groups in total. The van der Waals surface area contributed by atoms with E-state index in [4.69, 9.17) is 0 Å². The van der Waals surface area contributed by atoms with E-state index in [1.54, 1.807) is 0 Å². The summed E-state index contributed by atoms with van der Waals surface area (Å²) in [6.45, 7) is 0.846. The Morgan fingerprint density at radius 1 is 1.27 bits per heavy atom. The predicted molar refractivity (Wildman–Crippen MR) is 62.2 cm³/mol. The van der Waals surface area contributed by atoms with Crippen molar-refractivity contribution in [2.75, 3.05) is 14.2 Å². The molecule has 0 aliphatic carbocycles. The van der Waals surface area contributed by atoms with Gasteiger partial charge in [-0.15, -0.1) is 12.4 Å². The Morgan fingerprint density at radius 2 is 1.80 bits per heavy atom. The molecule has 15 heavy (non-hydrogen) atoms. The molecule has 0 atom stereocenters. The fourth-order valence-corrected chi connectivity index (χ4v) is 1.22. The van der Waals surface area contributed by atoms with Crippen molar-refractivity contribution in [3.63, 3.8) is 0 Å². The van der Waals surface area contributed by atoms with Gasteiger partial charge in [0.25, 0.3) is 0 Å². The molecule has 0 saturated heterocycles. The van der Waals surface area contributed by atoms with Gasteiger partial charge >= 0.3 is 5.97 Å². The monoisotopic (exact) mass is 229 g/mol. The van der Waals surface area contributed by atoms with Crippen LogP contribution in [0.15, 0.2) is 24.3 Å². The summed E-state index contributed by atoms with van der Waals surface area (Å²) in [6.07, 6.45) is 0.344. The standard InChI is InChI=1S/C11H15NO2.ClH/c1-12-8-10-5-3-9(4-6-10)7-11(13)14-2;/h3-6,12H,7-8H2,1-2H3;1H. The van der Waals surface area contributed by atoms with Crippen LogP contribution in [-0.2, 0) is 22.5 Å². The second-order valence-electron chi connectivity index (χ2n) is 3.10. The molecule has 3 nitrogen and oxygen atoms in total. The Labute approximate surface area is 96.2 Å². The van der Waals surface area contributed by atoms with E-state index in [0.717, 1.165) is 12.1 Å². The maximum atomic E-state index is 11.0. The maximum Gasteiger partial charge on any atom is 0.309 e. The Bertz CT molecular complexity index is 298. The van der Waals surface area contributed by atoms with Crippen molar-refractivity contribution in [3.05, 3.63) is 35.4 Å². The van der Waals surface area contributed by atoms with Crippen LogP contribution in [0.3, 0.4) is 0 Å². The third kappa shape index (κ3) is 4.81. The van der Waals surface area contributed by atoms with Crippen molar-refractivity contribution in [3.8, 4) is 0 Å². The van der Waals surface area contributed by atoms with E-state index in [2.05, 4.69) is 10.1 Å². The van der Waals surface area contributed by atoms with Gasteiger partial charge in [0.1, 0.15) is 0 Å². The largest absolute Gasteiger partial charge is 0.469 e. The Morgan fingerprint density at radius 3 is 2.27 bits per heavy atom. The van der Waals surface area contributed by atoms with Crippen molar-refractivity contribution >= 4 is 18.4 Å². The predicted octanol–water partition coefficient (Wildman–Crippen LogP) is 1.54. The van der Waals surface area contributed by atoms with Gasteiger partial charge in [-0.05, 0) is 18.2 Å². The van der Waals surface area contributed by atoms with Gasteiger partial charge in [0.2, 0.25) is 0 Å². The molecule has 0 radical (unpaired) electrons. The van der Waals surface area contributed by atoms with Crippen LogP contribution in [-0.4, -0.2) is 20.1 Å². The number of nitrogens with one attached hydrogen (secondary N) is 1. The van der Waals surface area contributed by atoms with E-state index in [-0.39, 0.29) is 18.4 Å². The average Bonchev–Trinajstić information content (AvgIpc) is 2.21. The molecule has 0 heterocycles. The second-order valence-corrected chi connectivity index (χ2v) is 3.10. The number of carbonyl (C=O) groups excluding carboxylic acids is 1. The molecule has 0 bridgehead atoms. The second kappa shape index (κ2) is 7.26. The van der Waals surface area contributed by atoms with Crippen LogP contribution in [0.4, 0.5) is 0 Å². The minimum absolute atomic E-state index is 0. The number of esters is 1. The minimum atomic E-state index is -0.202. The fraction of sp³-hybridized carbons (Fsp3) is 0.364. The minimum Gasteiger partial charge on any atom is -0.469 e. The normalized spacial score (nSPS) is 9.20. The number of ether oxygens (including phenoxy) is 1. The summed E-state index contributed by atoms with van der Waals surface area (Å²) in [5.74, 6) is -0.202. The molecule has 0 aliphatic rings. The SMILES string of the molecule is CNCc1ccc(CC(=O)OC)cc1.Cl. The lowest BCUT2D eigenvalue weighted by Gasteiger charge is -2.02. The van der Waals surface area contributed by atoms with E-state index < -0.39 is 0 Å². The van der Waals surface area contributed by atoms with E-state index in [1.807, 2.05) is 31.3 Å². The first-order valence-corrected chi connectivity index (χ1v) is 4.55. The van der Waals surface area contributed by atoms with Gasteiger partial charge < -0.3 is 10.1 Å². The zero-order valence-electron chi connectivity index (χ0n) is 8.95. The Balaban J connectivity index is 0.00000196. The van der Waals surface area contributed by atoms with Crippen LogP contribution in [0, 0.1) is 0 Å². The summed E-state index contributed by atoms with van der Waals surface area (Å²) >= 11 is 0. The molecule has 84 valence electrons. The third-order valence-electron chi connectivity index (χ3n) is 1.98. The average molecular weight is 230 g/mol. The number of hydrogen-bond donors (Lipinski definition) is 1. The first-order valence-electron chi connectivity index (χ1n) is 4.55. The molecule has 0 aliphatic heterocycles. The number of hydrogen-bond acceptors (Lipinski definition) is 3. The van der Waals surface area contributed by atoms with Gasteiger partial charge in [-0.25, -0.2) is 0 Å². The molecular formula is C11H16ClNO2. The molecule has 0 aromatic heterocycles. The summed E-state index contributed by atoms with van der Waals surface area (Å²) in [7, 11) is 3.31. The van der Waals surface area contributed by atoms with Crippen LogP contribution in [0.2, 0.25) is 0 Å². The highest BCUT2D eigenvalue weighted by Crippen LogP contribution is 2.05. The van der Waals surface area contributed by atoms with Crippen LogP contribution >= 0.6 is 12.4 Å². The number of benzene rings is 1. The highest BCUT2D eigenvalue weighted by Gasteiger charge is 2.01. The molecule has 1 aromatic carbocycles. The third-order valence-corrected chi connectivity index (χ3v) is 1.98. The molecule has 0 amide bonds. The Hall–Kier alpha value is -1.06.